The highest BCUT2D eigenvalue weighted by Gasteiger charge is 2.24. The zero-order valence-corrected chi connectivity index (χ0v) is 12.3. The van der Waals surface area contributed by atoms with E-state index in [4.69, 9.17) is 10.2 Å². The van der Waals surface area contributed by atoms with E-state index in [1.54, 1.807) is 29.2 Å². The average molecular weight is 302 g/mol. The smallest absolute Gasteiger partial charge is 0.289 e. The van der Waals surface area contributed by atoms with Gasteiger partial charge in [-0.15, -0.1) is 0 Å². The summed E-state index contributed by atoms with van der Waals surface area (Å²) in [5, 5.41) is 0. The van der Waals surface area contributed by atoms with Crippen LogP contribution in [0.25, 0.3) is 11.3 Å². The van der Waals surface area contributed by atoms with Gasteiger partial charge in [-0.25, -0.2) is 4.39 Å². The van der Waals surface area contributed by atoms with Crippen LogP contribution in [0, 0.1) is 11.7 Å². The molecule has 1 saturated heterocycles. The summed E-state index contributed by atoms with van der Waals surface area (Å²) in [6.07, 6.45) is 1.88. The lowest BCUT2D eigenvalue weighted by molar-refractivity contribution is 0.0662. The standard InChI is InChI=1S/C17H19FN2O2/c18-14-3-1-13(2-4-14)15-5-6-16(22-15)17(21)20-9-7-12(11-19)8-10-20/h1-6,12H,7-11,19H2. The molecule has 2 aromatic rings. The Bertz CT molecular complexity index is 643. The molecule has 5 heteroatoms. The number of rotatable bonds is 3. The van der Waals surface area contributed by atoms with Gasteiger partial charge in [0, 0.05) is 18.7 Å². The number of nitrogens with two attached hydrogens (primary N) is 1. The predicted octanol–water partition coefficient (Wildman–Crippen LogP) is 2.90. The molecule has 0 atom stereocenters. The van der Waals surface area contributed by atoms with Crippen molar-refractivity contribution in [2.24, 2.45) is 11.7 Å². The quantitative estimate of drug-likeness (QED) is 0.948. The number of hydrogen-bond acceptors (Lipinski definition) is 3. The SMILES string of the molecule is NCC1CCN(C(=O)c2ccc(-c3ccc(F)cc3)o2)CC1. The van der Waals surface area contributed by atoms with Gasteiger partial charge in [0.2, 0.25) is 0 Å². The lowest BCUT2D eigenvalue weighted by Gasteiger charge is -2.30. The molecule has 3 rings (SSSR count). The summed E-state index contributed by atoms with van der Waals surface area (Å²) in [5.74, 6) is 1.01. The fourth-order valence-electron chi connectivity index (χ4n) is 2.75. The van der Waals surface area contributed by atoms with Crippen molar-refractivity contribution in [1.29, 1.82) is 0 Å². The predicted molar refractivity (Wildman–Crippen MR) is 81.8 cm³/mol. The fourth-order valence-corrected chi connectivity index (χ4v) is 2.75. The summed E-state index contributed by atoms with van der Waals surface area (Å²) < 4.78 is 18.6. The number of carbonyl (C=O) groups excluding carboxylic acids is 1. The molecule has 1 aromatic heterocycles. The van der Waals surface area contributed by atoms with Gasteiger partial charge in [-0.2, -0.15) is 0 Å². The molecule has 0 bridgehead atoms. The van der Waals surface area contributed by atoms with Gasteiger partial charge in [-0.1, -0.05) is 0 Å². The minimum absolute atomic E-state index is 0.0937. The van der Waals surface area contributed by atoms with E-state index in [1.165, 1.54) is 12.1 Å². The summed E-state index contributed by atoms with van der Waals surface area (Å²) in [5.41, 5.74) is 6.42. The molecular weight excluding hydrogens is 283 g/mol. The van der Waals surface area contributed by atoms with Gasteiger partial charge in [0.15, 0.2) is 5.76 Å². The Morgan fingerprint density at radius 2 is 1.86 bits per heavy atom. The maximum atomic E-state index is 12.9. The largest absolute Gasteiger partial charge is 0.451 e. The number of likely N-dealkylation sites (tertiary alicyclic amines) is 1. The van der Waals surface area contributed by atoms with Gasteiger partial charge in [0.05, 0.1) is 0 Å². The normalized spacial score (nSPS) is 16.0. The van der Waals surface area contributed by atoms with Gasteiger partial charge in [-0.05, 0) is 61.7 Å². The summed E-state index contributed by atoms with van der Waals surface area (Å²) in [7, 11) is 0. The number of carbonyl (C=O) groups is 1. The molecule has 1 aliphatic rings. The molecule has 22 heavy (non-hydrogen) atoms. The third-order valence-electron chi connectivity index (χ3n) is 4.18. The first kappa shape index (κ1) is 14.8. The van der Waals surface area contributed by atoms with Crippen LogP contribution in [0.1, 0.15) is 23.4 Å². The second kappa shape index (κ2) is 6.32. The average Bonchev–Trinajstić information content (AvgIpc) is 3.05. The van der Waals surface area contributed by atoms with E-state index in [9.17, 15) is 9.18 Å². The molecule has 0 radical (unpaired) electrons. The monoisotopic (exact) mass is 302 g/mol. The zero-order valence-electron chi connectivity index (χ0n) is 12.3. The van der Waals surface area contributed by atoms with E-state index < -0.39 is 0 Å². The van der Waals surface area contributed by atoms with Crippen molar-refractivity contribution >= 4 is 5.91 Å². The van der Waals surface area contributed by atoms with Gasteiger partial charge in [-0.3, -0.25) is 4.79 Å². The van der Waals surface area contributed by atoms with E-state index >= 15 is 0 Å². The van der Waals surface area contributed by atoms with Crippen LogP contribution in [-0.2, 0) is 0 Å². The van der Waals surface area contributed by atoms with Crippen LogP contribution in [0.3, 0.4) is 0 Å². The minimum atomic E-state index is -0.297. The van der Waals surface area contributed by atoms with Gasteiger partial charge < -0.3 is 15.1 Å². The van der Waals surface area contributed by atoms with Gasteiger partial charge in [0.1, 0.15) is 11.6 Å². The third-order valence-corrected chi connectivity index (χ3v) is 4.18. The number of hydrogen-bond donors (Lipinski definition) is 1. The van der Waals surface area contributed by atoms with Crippen molar-refractivity contribution in [2.45, 2.75) is 12.8 Å². The summed E-state index contributed by atoms with van der Waals surface area (Å²) in [4.78, 5) is 14.2. The summed E-state index contributed by atoms with van der Waals surface area (Å²) in [6, 6.07) is 9.43. The zero-order chi connectivity index (χ0) is 15.5. The molecule has 2 heterocycles. The van der Waals surface area contributed by atoms with Crippen molar-refractivity contribution in [2.75, 3.05) is 19.6 Å². The van der Waals surface area contributed by atoms with Gasteiger partial charge >= 0.3 is 0 Å². The maximum Gasteiger partial charge on any atom is 0.289 e. The number of furan rings is 1. The van der Waals surface area contributed by atoms with Gasteiger partial charge in [0.25, 0.3) is 5.91 Å². The van der Waals surface area contributed by atoms with Crippen molar-refractivity contribution < 1.29 is 13.6 Å². The number of amides is 1. The van der Waals surface area contributed by atoms with E-state index in [2.05, 4.69) is 0 Å². The van der Waals surface area contributed by atoms with Crippen molar-refractivity contribution in [1.82, 2.24) is 4.90 Å². The molecule has 116 valence electrons. The highest BCUT2D eigenvalue weighted by molar-refractivity contribution is 5.92. The first-order valence-corrected chi connectivity index (χ1v) is 7.52. The number of nitrogens with zero attached hydrogens (tertiary/aromatic N) is 1. The Kier molecular flexibility index (Phi) is 4.24. The maximum absolute atomic E-state index is 12.9. The van der Waals surface area contributed by atoms with Crippen LogP contribution < -0.4 is 5.73 Å². The second-order valence-electron chi connectivity index (χ2n) is 5.64. The molecule has 0 aliphatic carbocycles. The number of piperidine rings is 1. The van der Waals surface area contributed by atoms with E-state index in [-0.39, 0.29) is 11.7 Å². The Balaban J connectivity index is 1.71. The Labute approximate surface area is 128 Å². The molecule has 2 N–H and O–H groups in total. The molecule has 0 spiro atoms. The van der Waals surface area contributed by atoms with E-state index in [0.717, 1.165) is 18.4 Å². The highest BCUT2D eigenvalue weighted by Crippen LogP contribution is 2.24. The van der Waals surface area contributed by atoms with E-state index in [0.29, 0.717) is 37.1 Å². The molecule has 1 amide bonds. The van der Waals surface area contributed by atoms with Crippen molar-refractivity contribution in [3.8, 4) is 11.3 Å². The third kappa shape index (κ3) is 3.04. The highest BCUT2D eigenvalue weighted by atomic mass is 19.1. The van der Waals surface area contributed by atoms with Crippen molar-refractivity contribution in [3.05, 3.63) is 48.0 Å². The first-order valence-electron chi connectivity index (χ1n) is 7.52. The topological polar surface area (TPSA) is 59.5 Å². The Hall–Kier alpha value is -2.14. The van der Waals surface area contributed by atoms with Crippen LogP contribution in [-0.4, -0.2) is 30.4 Å². The molecule has 0 unspecified atom stereocenters. The first-order chi connectivity index (χ1) is 10.7. The molecule has 1 aromatic carbocycles. The minimum Gasteiger partial charge on any atom is -0.451 e. The van der Waals surface area contributed by atoms with Crippen LogP contribution in [0.15, 0.2) is 40.8 Å². The van der Waals surface area contributed by atoms with Crippen LogP contribution in [0.2, 0.25) is 0 Å². The molecule has 0 saturated carbocycles. The Morgan fingerprint density at radius 3 is 2.50 bits per heavy atom. The fraction of sp³-hybridized carbons (Fsp3) is 0.353. The van der Waals surface area contributed by atoms with Crippen LogP contribution >= 0.6 is 0 Å². The lowest BCUT2D eigenvalue weighted by atomic mass is 9.97. The van der Waals surface area contributed by atoms with Crippen molar-refractivity contribution in [3.63, 3.8) is 0 Å². The molecule has 1 fully saturated rings. The van der Waals surface area contributed by atoms with E-state index in [1.807, 2.05) is 0 Å². The van der Waals surface area contributed by atoms with Crippen LogP contribution in [0.5, 0.6) is 0 Å². The Morgan fingerprint density at radius 1 is 1.18 bits per heavy atom. The molecule has 1 aliphatic heterocycles. The number of halogens is 1. The number of benzene rings is 1. The summed E-state index contributed by atoms with van der Waals surface area (Å²) in [6.45, 7) is 2.11. The molecule has 4 nitrogen and oxygen atoms in total. The molecular formula is C17H19FN2O2. The van der Waals surface area contributed by atoms with Crippen LogP contribution in [0.4, 0.5) is 4.39 Å². The summed E-state index contributed by atoms with van der Waals surface area (Å²) >= 11 is 0. The second-order valence-corrected chi connectivity index (χ2v) is 5.64. The lowest BCUT2D eigenvalue weighted by Crippen LogP contribution is -2.39.